The van der Waals surface area contributed by atoms with Crippen LogP contribution in [-0.2, 0) is 0 Å². The first-order chi connectivity index (χ1) is 15.4. The van der Waals surface area contributed by atoms with Gasteiger partial charge in [-0.25, -0.2) is 5.43 Å². The van der Waals surface area contributed by atoms with Crippen molar-refractivity contribution < 1.29 is 9.90 Å². The summed E-state index contributed by atoms with van der Waals surface area (Å²) in [4.78, 5) is 17.0. The second-order valence-electron chi connectivity index (χ2n) is 7.39. The van der Waals surface area contributed by atoms with Crippen molar-refractivity contribution in [2.45, 2.75) is 13.8 Å². The van der Waals surface area contributed by atoms with Crippen molar-refractivity contribution in [2.24, 2.45) is 5.10 Å². The zero-order valence-electron chi connectivity index (χ0n) is 17.6. The quantitative estimate of drug-likeness (QED) is 0.271. The van der Waals surface area contributed by atoms with E-state index >= 15 is 0 Å². The van der Waals surface area contributed by atoms with Crippen LogP contribution in [0.2, 0.25) is 5.02 Å². The molecule has 6 nitrogen and oxygen atoms in total. The monoisotopic (exact) mass is 444 g/mol. The number of fused-ring (bicyclic) bond motifs is 1. The molecular formula is C25H21ClN4O2. The summed E-state index contributed by atoms with van der Waals surface area (Å²) in [7, 11) is 0. The number of nitrogens with one attached hydrogen (secondary N) is 2. The predicted octanol–water partition coefficient (Wildman–Crippen LogP) is 5.72. The summed E-state index contributed by atoms with van der Waals surface area (Å²) in [6.07, 6.45) is 1.34. The van der Waals surface area contributed by atoms with Gasteiger partial charge in [-0.05, 0) is 67.9 Å². The Hall–Kier alpha value is -3.90. The third-order valence-electron chi connectivity index (χ3n) is 4.95. The van der Waals surface area contributed by atoms with Crippen molar-refractivity contribution in [3.05, 3.63) is 94.1 Å². The van der Waals surface area contributed by atoms with Crippen molar-refractivity contribution in [2.75, 3.05) is 5.32 Å². The number of hydrogen-bond donors (Lipinski definition) is 3. The van der Waals surface area contributed by atoms with Gasteiger partial charge in [-0.3, -0.25) is 9.78 Å². The Morgan fingerprint density at radius 1 is 1.06 bits per heavy atom. The predicted molar refractivity (Wildman–Crippen MR) is 129 cm³/mol. The zero-order chi connectivity index (χ0) is 22.7. The highest BCUT2D eigenvalue weighted by atomic mass is 35.5. The van der Waals surface area contributed by atoms with Gasteiger partial charge in [0.05, 0.1) is 11.7 Å². The van der Waals surface area contributed by atoms with Gasteiger partial charge in [-0.15, -0.1) is 0 Å². The number of rotatable bonds is 5. The fourth-order valence-electron chi connectivity index (χ4n) is 3.34. The van der Waals surface area contributed by atoms with E-state index in [0.29, 0.717) is 16.1 Å². The van der Waals surface area contributed by atoms with E-state index in [4.69, 9.17) is 11.6 Å². The second kappa shape index (κ2) is 9.08. The Morgan fingerprint density at radius 2 is 1.84 bits per heavy atom. The lowest BCUT2D eigenvalue weighted by atomic mass is 10.1. The van der Waals surface area contributed by atoms with Crippen LogP contribution in [0.4, 0.5) is 11.4 Å². The van der Waals surface area contributed by atoms with Crippen LogP contribution in [0.5, 0.6) is 5.75 Å². The third kappa shape index (κ3) is 4.71. The second-order valence-corrected chi connectivity index (χ2v) is 7.82. The van der Waals surface area contributed by atoms with Crippen LogP contribution in [-0.4, -0.2) is 22.2 Å². The molecule has 0 bridgehead atoms. The SMILES string of the molecule is Cc1cc(Nc2ccc(C(=O)NN=Cc3cc(Cl)ccc3O)cc2)c2cccc(C)c2n1. The minimum atomic E-state index is -0.366. The van der Waals surface area contributed by atoms with E-state index < -0.39 is 0 Å². The maximum atomic E-state index is 12.4. The molecule has 7 heteroatoms. The van der Waals surface area contributed by atoms with Crippen LogP contribution >= 0.6 is 11.6 Å². The maximum Gasteiger partial charge on any atom is 0.271 e. The van der Waals surface area contributed by atoms with Crippen molar-refractivity contribution >= 4 is 46.0 Å². The molecule has 1 aromatic heterocycles. The average Bonchev–Trinajstić information content (AvgIpc) is 2.77. The number of carbonyl (C=O) groups is 1. The Balaban J connectivity index is 1.47. The van der Waals surface area contributed by atoms with Gasteiger partial charge in [-0.2, -0.15) is 5.10 Å². The van der Waals surface area contributed by atoms with Crippen LogP contribution in [0.25, 0.3) is 10.9 Å². The molecule has 0 aliphatic carbocycles. The molecule has 3 aromatic carbocycles. The van der Waals surface area contributed by atoms with E-state index in [-0.39, 0.29) is 11.7 Å². The van der Waals surface area contributed by atoms with E-state index in [1.54, 1.807) is 24.3 Å². The number of benzene rings is 3. The van der Waals surface area contributed by atoms with Crippen molar-refractivity contribution in [1.29, 1.82) is 0 Å². The molecule has 32 heavy (non-hydrogen) atoms. The Labute approximate surface area is 190 Å². The van der Waals surface area contributed by atoms with Crippen LogP contribution in [0.15, 0.2) is 71.8 Å². The molecule has 4 rings (SSSR count). The highest BCUT2D eigenvalue weighted by Crippen LogP contribution is 2.28. The van der Waals surface area contributed by atoms with Gasteiger partial charge in [0.25, 0.3) is 5.91 Å². The first kappa shape index (κ1) is 21.3. The number of phenols is 1. The van der Waals surface area contributed by atoms with Crippen LogP contribution in [0.3, 0.4) is 0 Å². The van der Waals surface area contributed by atoms with Crippen LogP contribution < -0.4 is 10.7 Å². The van der Waals surface area contributed by atoms with E-state index in [1.165, 1.54) is 12.3 Å². The summed E-state index contributed by atoms with van der Waals surface area (Å²) in [5.74, 6) is -0.341. The van der Waals surface area contributed by atoms with Gasteiger partial charge in [0, 0.05) is 38.6 Å². The molecule has 1 amide bonds. The van der Waals surface area contributed by atoms with Gasteiger partial charge in [0.1, 0.15) is 5.75 Å². The molecule has 0 radical (unpaired) electrons. The number of halogens is 1. The number of aromatic hydroxyl groups is 1. The average molecular weight is 445 g/mol. The topological polar surface area (TPSA) is 86.6 Å². The summed E-state index contributed by atoms with van der Waals surface area (Å²) in [5.41, 5.74) is 8.13. The molecule has 0 unspecified atom stereocenters. The molecule has 1 heterocycles. The van der Waals surface area contributed by atoms with E-state index in [0.717, 1.165) is 33.5 Å². The smallest absolute Gasteiger partial charge is 0.271 e. The number of aromatic nitrogens is 1. The summed E-state index contributed by atoms with van der Waals surface area (Å²) in [6, 6.07) is 19.8. The summed E-state index contributed by atoms with van der Waals surface area (Å²) < 4.78 is 0. The number of amides is 1. The van der Waals surface area contributed by atoms with Crippen LogP contribution in [0, 0.1) is 13.8 Å². The molecular weight excluding hydrogens is 424 g/mol. The number of phenolic OH excluding ortho intramolecular Hbond substituents is 1. The number of pyridine rings is 1. The number of carbonyl (C=O) groups excluding carboxylic acids is 1. The minimum absolute atomic E-state index is 0.0249. The minimum Gasteiger partial charge on any atom is -0.507 e. The molecule has 160 valence electrons. The lowest BCUT2D eigenvalue weighted by Gasteiger charge is -2.12. The highest BCUT2D eigenvalue weighted by molar-refractivity contribution is 6.30. The maximum absolute atomic E-state index is 12.4. The molecule has 0 saturated carbocycles. The lowest BCUT2D eigenvalue weighted by molar-refractivity contribution is 0.0955. The van der Waals surface area contributed by atoms with Gasteiger partial charge in [-0.1, -0.05) is 29.8 Å². The standard InChI is InChI=1S/C25H21ClN4O2/c1-15-4-3-5-21-22(12-16(2)28-24(15)21)29-20-9-6-17(7-10-20)25(32)30-27-14-18-13-19(26)8-11-23(18)31/h3-14,31H,1-2H3,(H,28,29)(H,30,32). The Morgan fingerprint density at radius 3 is 2.62 bits per heavy atom. The molecule has 0 spiro atoms. The molecule has 0 saturated heterocycles. The van der Waals surface area contributed by atoms with Crippen molar-refractivity contribution in [3.63, 3.8) is 0 Å². The first-order valence-electron chi connectivity index (χ1n) is 9.97. The van der Waals surface area contributed by atoms with Gasteiger partial charge < -0.3 is 10.4 Å². The van der Waals surface area contributed by atoms with E-state index in [9.17, 15) is 9.90 Å². The molecule has 0 atom stereocenters. The van der Waals surface area contributed by atoms with Crippen molar-refractivity contribution in [1.82, 2.24) is 10.4 Å². The lowest BCUT2D eigenvalue weighted by Crippen LogP contribution is -2.17. The first-order valence-corrected chi connectivity index (χ1v) is 10.3. The molecule has 0 aliphatic heterocycles. The summed E-state index contributed by atoms with van der Waals surface area (Å²) >= 11 is 5.91. The normalized spacial score (nSPS) is 11.1. The largest absolute Gasteiger partial charge is 0.507 e. The fraction of sp³-hybridized carbons (Fsp3) is 0.0800. The number of aryl methyl sites for hydroxylation is 2. The van der Waals surface area contributed by atoms with Gasteiger partial charge in [0.2, 0.25) is 0 Å². The van der Waals surface area contributed by atoms with Gasteiger partial charge in [0.15, 0.2) is 0 Å². The summed E-state index contributed by atoms with van der Waals surface area (Å²) in [6.45, 7) is 4.01. The van der Waals surface area contributed by atoms with Gasteiger partial charge >= 0.3 is 0 Å². The fourth-order valence-corrected chi connectivity index (χ4v) is 3.52. The van der Waals surface area contributed by atoms with E-state index in [1.807, 2.05) is 50.2 Å². The number of hydrogen-bond acceptors (Lipinski definition) is 5. The van der Waals surface area contributed by atoms with Crippen molar-refractivity contribution in [3.8, 4) is 5.75 Å². The number of anilines is 2. The molecule has 0 fully saturated rings. The summed E-state index contributed by atoms with van der Waals surface area (Å²) in [5, 5.41) is 18.6. The van der Waals surface area contributed by atoms with Crippen LogP contribution in [0.1, 0.15) is 27.2 Å². The molecule has 0 aliphatic rings. The highest BCUT2D eigenvalue weighted by Gasteiger charge is 2.08. The molecule has 4 aromatic rings. The Bertz CT molecular complexity index is 1330. The number of para-hydroxylation sites is 1. The zero-order valence-corrected chi connectivity index (χ0v) is 18.3. The number of hydrazone groups is 1. The third-order valence-corrected chi connectivity index (χ3v) is 5.19. The van der Waals surface area contributed by atoms with E-state index in [2.05, 4.69) is 20.8 Å². The Kier molecular flexibility index (Phi) is 6.05. The molecule has 3 N–H and O–H groups in total. The number of nitrogens with zero attached hydrogens (tertiary/aromatic N) is 2.